The summed E-state index contributed by atoms with van der Waals surface area (Å²) >= 11 is 0. The summed E-state index contributed by atoms with van der Waals surface area (Å²) < 4.78 is 0. The van der Waals surface area contributed by atoms with Gasteiger partial charge in [-0.3, -0.25) is 0 Å². The molecule has 2 heteroatoms. The van der Waals surface area contributed by atoms with E-state index in [1.54, 1.807) is 0 Å². The van der Waals surface area contributed by atoms with E-state index in [0.29, 0.717) is 11.5 Å². The molecule has 1 fully saturated rings. The van der Waals surface area contributed by atoms with E-state index in [-0.39, 0.29) is 0 Å². The van der Waals surface area contributed by atoms with E-state index >= 15 is 0 Å². The van der Waals surface area contributed by atoms with E-state index in [1.807, 2.05) is 0 Å². The lowest BCUT2D eigenvalue weighted by atomic mass is 9.79. The molecule has 0 unspecified atom stereocenters. The molecule has 1 saturated carbocycles. The minimum absolute atomic E-state index is 0.535. The van der Waals surface area contributed by atoms with Gasteiger partial charge < -0.3 is 10.2 Å². The fourth-order valence-electron chi connectivity index (χ4n) is 3.35. The maximum atomic E-state index is 3.63. The molecule has 1 N–H and O–H groups in total. The fourth-order valence-corrected chi connectivity index (χ4v) is 3.35. The van der Waals surface area contributed by atoms with Gasteiger partial charge in [0.05, 0.1) is 0 Å². The number of hydrogen-bond donors (Lipinski definition) is 1. The largest absolute Gasteiger partial charge is 0.316 e. The second-order valence-corrected chi connectivity index (χ2v) is 6.35. The molecule has 0 aliphatic heterocycles. The van der Waals surface area contributed by atoms with E-state index in [4.69, 9.17) is 0 Å². The molecule has 2 nitrogen and oxygen atoms in total. The zero-order valence-corrected chi connectivity index (χ0v) is 13.1. The topological polar surface area (TPSA) is 15.3 Å². The van der Waals surface area contributed by atoms with Crippen molar-refractivity contribution in [1.82, 2.24) is 10.2 Å². The van der Waals surface area contributed by atoms with Gasteiger partial charge in [0, 0.05) is 19.1 Å². The molecular weight excluding hydrogens is 220 g/mol. The first-order valence-electron chi connectivity index (χ1n) is 8.08. The molecule has 0 heterocycles. The Morgan fingerprint density at radius 3 is 2.11 bits per heavy atom. The van der Waals surface area contributed by atoms with E-state index in [2.05, 4.69) is 37.9 Å². The van der Waals surface area contributed by atoms with Crippen LogP contribution in [0.5, 0.6) is 0 Å². The first kappa shape index (κ1) is 16.0. The fraction of sp³-hybridized carbons (Fsp3) is 1.00. The second-order valence-electron chi connectivity index (χ2n) is 6.35. The number of nitrogens with zero attached hydrogens (tertiary/aromatic N) is 1. The van der Waals surface area contributed by atoms with Crippen LogP contribution < -0.4 is 5.32 Å². The highest BCUT2D eigenvalue weighted by Gasteiger charge is 2.32. The average Bonchev–Trinajstić information content (AvgIpc) is 2.59. The van der Waals surface area contributed by atoms with Gasteiger partial charge in [0.2, 0.25) is 0 Å². The maximum Gasteiger partial charge on any atom is 0.00527 e. The van der Waals surface area contributed by atoms with Crippen LogP contribution >= 0.6 is 0 Å². The Kier molecular flexibility index (Phi) is 7.25. The summed E-state index contributed by atoms with van der Waals surface area (Å²) in [5.74, 6) is 0. The highest BCUT2D eigenvalue weighted by Crippen LogP contribution is 2.35. The Labute approximate surface area is 115 Å². The monoisotopic (exact) mass is 254 g/mol. The summed E-state index contributed by atoms with van der Waals surface area (Å²) in [6.07, 6.45) is 8.60. The Morgan fingerprint density at radius 1 is 1.06 bits per heavy atom. The van der Waals surface area contributed by atoms with E-state index in [9.17, 15) is 0 Å². The number of hydrogen-bond acceptors (Lipinski definition) is 2. The number of rotatable bonds is 7. The Hall–Kier alpha value is -0.0800. The lowest BCUT2D eigenvalue weighted by Gasteiger charge is -2.39. The van der Waals surface area contributed by atoms with Crippen LogP contribution in [0.25, 0.3) is 0 Å². The molecule has 0 bridgehead atoms. The molecule has 0 radical (unpaired) electrons. The van der Waals surface area contributed by atoms with Crippen LogP contribution in [0.2, 0.25) is 0 Å². The zero-order valence-electron chi connectivity index (χ0n) is 13.1. The van der Waals surface area contributed by atoms with Crippen LogP contribution in [0.3, 0.4) is 0 Å². The van der Waals surface area contributed by atoms with Crippen LogP contribution in [0, 0.1) is 5.41 Å². The van der Waals surface area contributed by atoms with Crippen molar-refractivity contribution in [2.24, 2.45) is 5.41 Å². The first-order valence-corrected chi connectivity index (χ1v) is 8.08. The van der Waals surface area contributed by atoms with Crippen molar-refractivity contribution in [3.05, 3.63) is 0 Å². The molecule has 0 aromatic heterocycles. The normalized spacial score (nSPS) is 20.3. The van der Waals surface area contributed by atoms with Gasteiger partial charge >= 0.3 is 0 Å². The van der Waals surface area contributed by atoms with Gasteiger partial charge in [0.15, 0.2) is 0 Å². The third kappa shape index (κ3) is 4.89. The second kappa shape index (κ2) is 8.16. The highest BCUT2D eigenvalue weighted by atomic mass is 15.2. The summed E-state index contributed by atoms with van der Waals surface area (Å²) in [4.78, 5) is 2.66. The van der Waals surface area contributed by atoms with Crippen LogP contribution in [0.4, 0.5) is 0 Å². The third-order valence-corrected chi connectivity index (χ3v) is 4.59. The van der Waals surface area contributed by atoms with Crippen molar-refractivity contribution in [1.29, 1.82) is 0 Å². The maximum absolute atomic E-state index is 3.63. The van der Waals surface area contributed by atoms with Crippen molar-refractivity contribution in [3.8, 4) is 0 Å². The molecule has 1 rings (SSSR count). The van der Waals surface area contributed by atoms with Gasteiger partial charge in [-0.15, -0.1) is 0 Å². The molecule has 108 valence electrons. The van der Waals surface area contributed by atoms with Crippen molar-refractivity contribution < 1.29 is 0 Å². The van der Waals surface area contributed by atoms with Crippen molar-refractivity contribution in [2.75, 3.05) is 26.2 Å². The molecule has 0 aromatic carbocycles. The predicted molar refractivity (Wildman–Crippen MR) is 81.1 cm³/mol. The van der Waals surface area contributed by atoms with Gasteiger partial charge in [-0.1, -0.05) is 39.5 Å². The molecule has 0 saturated heterocycles. The van der Waals surface area contributed by atoms with Gasteiger partial charge in [-0.05, 0) is 45.2 Å². The summed E-state index contributed by atoms with van der Waals surface area (Å²) in [7, 11) is 0. The molecule has 18 heavy (non-hydrogen) atoms. The van der Waals surface area contributed by atoms with Crippen LogP contribution in [0.1, 0.15) is 66.2 Å². The standard InChI is InChI=1S/C16H34N2/c1-5-17-13-16(11-9-7-8-10-12-16)14-18(6-2)15(3)4/h15,17H,5-14H2,1-4H3. The van der Waals surface area contributed by atoms with Crippen LogP contribution in [-0.2, 0) is 0 Å². The molecule has 0 spiro atoms. The van der Waals surface area contributed by atoms with E-state index in [0.717, 1.165) is 6.54 Å². The molecule has 0 atom stereocenters. The summed E-state index contributed by atoms with van der Waals surface area (Å²) in [5.41, 5.74) is 0.535. The SMILES string of the molecule is CCNCC1(CN(CC)C(C)C)CCCCCC1. The van der Waals surface area contributed by atoms with Gasteiger partial charge in [0.1, 0.15) is 0 Å². The van der Waals surface area contributed by atoms with Gasteiger partial charge in [0.25, 0.3) is 0 Å². The van der Waals surface area contributed by atoms with Crippen molar-refractivity contribution in [3.63, 3.8) is 0 Å². The van der Waals surface area contributed by atoms with Crippen molar-refractivity contribution in [2.45, 2.75) is 72.3 Å². The minimum atomic E-state index is 0.535. The van der Waals surface area contributed by atoms with Crippen LogP contribution in [-0.4, -0.2) is 37.1 Å². The van der Waals surface area contributed by atoms with Crippen molar-refractivity contribution >= 4 is 0 Å². The molecule has 0 amide bonds. The van der Waals surface area contributed by atoms with Gasteiger partial charge in [-0.2, -0.15) is 0 Å². The number of nitrogens with one attached hydrogen (secondary N) is 1. The molecular formula is C16H34N2. The Morgan fingerprint density at radius 2 is 1.67 bits per heavy atom. The predicted octanol–water partition coefficient (Wildman–Crippen LogP) is 3.67. The average molecular weight is 254 g/mol. The third-order valence-electron chi connectivity index (χ3n) is 4.59. The highest BCUT2D eigenvalue weighted by molar-refractivity contribution is 4.87. The lowest BCUT2D eigenvalue weighted by molar-refractivity contribution is 0.109. The minimum Gasteiger partial charge on any atom is -0.316 e. The first-order chi connectivity index (χ1) is 8.63. The summed E-state index contributed by atoms with van der Waals surface area (Å²) in [6, 6.07) is 0.678. The summed E-state index contributed by atoms with van der Waals surface area (Å²) in [5, 5.41) is 3.63. The quantitative estimate of drug-likeness (QED) is 0.697. The Bertz CT molecular complexity index is 205. The lowest BCUT2D eigenvalue weighted by Crippen LogP contribution is -2.46. The van der Waals surface area contributed by atoms with Gasteiger partial charge in [-0.25, -0.2) is 0 Å². The smallest absolute Gasteiger partial charge is 0.00527 e. The van der Waals surface area contributed by atoms with Crippen LogP contribution in [0.15, 0.2) is 0 Å². The zero-order chi connectivity index (χ0) is 13.4. The van der Waals surface area contributed by atoms with E-state index in [1.165, 1.54) is 58.2 Å². The molecule has 1 aliphatic carbocycles. The summed E-state index contributed by atoms with van der Waals surface area (Å²) in [6.45, 7) is 14.0. The van der Waals surface area contributed by atoms with E-state index < -0.39 is 0 Å². The Balaban J connectivity index is 2.68. The molecule has 1 aliphatic rings. The molecule has 0 aromatic rings.